The summed E-state index contributed by atoms with van der Waals surface area (Å²) in [6.45, 7) is 7.36. The first-order valence-electron chi connectivity index (χ1n) is 24.9. The van der Waals surface area contributed by atoms with Gasteiger partial charge in [0.1, 0.15) is 30.2 Å². The van der Waals surface area contributed by atoms with E-state index in [2.05, 4.69) is 47.9 Å². The molecule has 388 valence electrons. The van der Waals surface area contributed by atoms with Crippen LogP contribution in [-0.2, 0) is 51.2 Å². The number of aromatic nitrogens is 1. The van der Waals surface area contributed by atoms with Gasteiger partial charge in [-0.2, -0.15) is 0 Å². The Kier molecular flexibility index (Phi) is 18.7. The number of carbonyl (C=O) groups excluding carboxylic acids is 8. The van der Waals surface area contributed by atoms with E-state index >= 15 is 0 Å². The van der Waals surface area contributed by atoms with Gasteiger partial charge in [-0.25, -0.2) is 0 Å². The molecule has 72 heavy (non-hydrogen) atoms. The van der Waals surface area contributed by atoms with Gasteiger partial charge in [0.2, 0.25) is 47.3 Å². The van der Waals surface area contributed by atoms with Crippen LogP contribution in [0.2, 0.25) is 0 Å². The molecule has 9 N–H and O–H groups in total. The number of aromatic amines is 1. The highest BCUT2D eigenvalue weighted by atomic mass is 16.6. The van der Waals surface area contributed by atoms with Crippen LogP contribution in [0, 0.1) is 22.0 Å². The van der Waals surface area contributed by atoms with Crippen molar-refractivity contribution in [3.05, 3.63) is 81.5 Å². The Morgan fingerprint density at radius 3 is 2.14 bits per heavy atom. The first-order valence-corrected chi connectivity index (χ1v) is 24.9. The fourth-order valence-corrected chi connectivity index (χ4v) is 10.0. The Labute approximate surface area is 418 Å². The summed E-state index contributed by atoms with van der Waals surface area (Å²) in [5, 5.41) is 29.3. The predicted molar refractivity (Wildman–Crippen MR) is 268 cm³/mol. The normalized spacial score (nSPS) is 18.9. The van der Waals surface area contributed by atoms with Crippen molar-refractivity contribution in [1.82, 2.24) is 46.7 Å². The average Bonchev–Trinajstić information content (AvgIpc) is 4.00. The number of nitrogens with two attached hydrogens (primary N) is 1. The molecule has 8 amide bonds. The van der Waals surface area contributed by atoms with Crippen molar-refractivity contribution in [2.45, 2.75) is 128 Å². The van der Waals surface area contributed by atoms with Crippen LogP contribution in [0.15, 0.2) is 54.7 Å². The van der Waals surface area contributed by atoms with E-state index in [4.69, 9.17) is 5.73 Å². The van der Waals surface area contributed by atoms with E-state index in [0.29, 0.717) is 57.1 Å². The Hall–Kier alpha value is -7.16. The quantitative estimate of drug-likeness (QED) is 0.0364. The topological polar surface area (TPSA) is 300 Å². The van der Waals surface area contributed by atoms with Crippen LogP contribution in [0.3, 0.4) is 0 Å². The highest BCUT2D eigenvalue weighted by molar-refractivity contribution is 6.00. The molecule has 1 aromatic heterocycles. The third kappa shape index (κ3) is 13.8. The SMILES string of the molecule is CC(=O)N[C@@H](CCCCNC(=O)[C@@H](CCCCNC(=O)[C@@H]1CCCN1C(=O)[C@H](Cc1ccc([N+](=O)[O-])cc1)NC(=O)[C@@H](NC(=O)[C@@H]1C=C2c3cccc4[nH]cc(c34)C[C@H]2N(C)C1)C(C)C)NC(C)=O)C(N)=O. The van der Waals surface area contributed by atoms with Crippen LogP contribution in [0.25, 0.3) is 16.5 Å². The fraction of sp³-hybridized carbons (Fsp3) is 0.529. The Morgan fingerprint density at radius 1 is 0.819 bits per heavy atom. The molecule has 3 aliphatic rings. The molecule has 1 saturated heterocycles. The second-order valence-electron chi connectivity index (χ2n) is 19.5. The van der Waals surface area contributed by atoms with Crippen LogP contribution in [0.5, 0.6) is 0 Å². The number of nitro benzene ring substituents is 1. The highest BCUT2D eigenvalue weighted by Gasteiger charge is 2.40. The molecule has 7 atom stereocenters. The van der Waals surface area contributed by atoms with Gasteiger partial charge < -0.3 is 47.5 Å². The van der Waals surface area contributed by atoms with Crippen molar-refractivity contribution in [2.24, 2.45) is 17.6 Å². The number of hydrogen-bond acceptors (Lipinski definition) is 11. The van der Waals surface area contributed by atoms with Gasteiger partial charge in [0, 0.05) is 81.7 Å². The number of likely N-dealkylation sites (N-methyl/N-ethyl adjacent to an activating group) is 1. The second-order valence-corrected chi connectivity index (χ2v) is 19.5. The number of carbonyl (C=O) groups is 8. The van der Waals surface area contributed by atoms with Gasteiger partial charge in [-0.1, -0.05) is 44.2 Å². The van der Waals surface area contributed by atoms with Gasteiger partial charge in [-0.15, -0.1) is 0 Å². The van der Waals surface area contributed by atoms with Crippen LogP contribution in [-0.4, -0.2) is 136 Å². The number of primary amides is 1. The summed E-state index contributed by atoms with van der Waals surface area (Å²) >= 11 is 0. The third-order valence-electron chi connectivity index (χ3n) is 13.7. The zero-order valence-corrected chi connectivity index (χ0v) is 41.7. The number of hydrogen-bond donors (Lipinski definition) is 8. The molecular formula is C51H69N11O10. The number of rotatable bonds is 24. The number of H-pyrrole nitrogens is 1. The van der Waals surface area contributed by atoms with Gasteiger partial charge in [-0.05, 0) is 99.1 Å². The third-order valence-corrected chi connectivity index (χ3v) is 13.7. The van der Waals surface area contributed by atoms with Crippen molar-refractivity contribution in [3.8, 4) is 0 Å². The lowest BCUT2D eigenvalue weighted by molar-refractivity contribution is -0.384. The number of benzene rings is 2. The van der Waals surface area contributed by atoms with Crippen LogP contribution >= 0.6 is 0 Å². The Morgan fingerprint density at radius 2 is 1.49 bits per heavy atom. The molecule has 6 rings (SSSR count). The first kappa shape index (κ1) is 54.2. The number of nitrogens with zero attached hydrogens (tertiary/aromatic N) is 3. The zero-order chi connectivity index (χ0) is 52.2. The van der Waals surface area contributed by atoms with E-state index in [9.17, 15) is 48.5 Å². The largest absolute Gasteiger partial charge is 0.368 e. The molecule has 3 heterocycles. The monoisotopic (exact) mass is 996 g/mol. The van der Waals surface area contributed by atoms with E-state index in [1.807, 2.05) is 31.5 Å². The Bertz CT molecular complexity index is 2540. The molecule has 3 aromatic rings. The van der Waals surface area contributed by atoms with Crippen molar-refractivity contribution in [1.29, 1.82) is 0 Å². The molecule has 1 aliphatic carbocycles. The minimum absolute atomic E-state index is 0.0445. The highest BCUT2D eigenvalue weighted by Crippen LogP contribution is 2.41. The van der Waals surface area contributed by atoms with Gasteiger partial charge >= 0.3 is 0 Å². The zero-order valence-electron chi connectivity index (χ0n) is 41.7. The summed E-state index contributed by atoms with van der Waals surface area (Å²) in [7, 11) is 1.99. The van der Waals surface area contributed by atoms with Gasteiger partial charge in [0.05, 0.1) is 10.8 Å². The first-order chi connectivity index (χ1) is 34.3. The van der Waals surface area contributed by atoms with E-state index in [-0.39, 0.29) is 73.8 Å². The lowest BCUT2D eigenvalue weighted by Crippen LogP contribution is -2.59. The van der Waals surface area contributed by atoms with E-state index in [1.165, 1.54) is 48.6 Å². The smallest absolute Gasteiger partial charge is 0.269 e. The lowest BCUT2D eigenvalue weighted by Gasteiger charge is -2.39. The summed E-state index contributed by atoms with van der Waals surface area (Å²) in [6, 6.07) is 7.14. The summed E-state index contributed by atoms with van der Waals surface area (Å²) in [5.41, 5.74) is 10.1. The lowest BCUT2D eigenvalue weighted by atomic mass is 9.79. The maximum absolute atomic E-state index is 14.6. The predicted octanol–water partition coefficient (Wildman–Crippen LogP) is 1.87. The summed E-state index contributed by atoms with van der Waals surface area (Å²) in [5.74, 6) is -4.58. The van der Waals surface area contributed by atoms with Crippen molar-refractivity contribution in [3.63, 3.8) is 0 Å². The molecule has 0 spiro atoms. The summed E-state index contributed by atoms with van der Waals surface area (Å²) in [6.07, 6.45) is 8.21. The number of nitrogens with one attached hydrogen (secondary N) is 7. The van der Waals surface area contributed by atoms with Crippen molar-refractivity contribution >= 4 is 69.4 Å². The molecule has 0 bridgehead atoms. The maximum Gasteiger partial charge on any atom is 0.269 e. The molecule has 2 aliphatic heterocycles. The average molecular weight is 996 g/mol. The number of fused-ring (bicyclic) bond motifs is 2. The summed E-state index contributed by atoms with van der Waals surface area (Å²) < 4.78 is 0. The molecule has 0 saturated carbocycles. The second kappa shape index (κ2) is 24.8. The molecule has 1 fully saturated rings. The molecular weight excluding hydrogens is 927 g/mol. The number of unbranched alkanes of at least 4 members (excludes halogenated alkanes) is 2. The molecule has 2 aromatic carbocycles. The van der Waals surface area contributed by atoms with E-state index < -0.39 is 64.7 Å². The van der Waals surface area contributed by atoms with Crippen molar-refractivity contribution in [2.75, 3.05) is 33.2 Å². The van der Waals surface area contributed by atoms with Crippen LogP contribution in [0.4, 0.5) is 5.69 Å². The van der Waals surface area contributed by atoms with Crippen molar-refractivity contribution < 1.29 is 43.3 Å². The standard InChI is InChI=1S/C51H69N11O10/c1-29(2)45(59-47(66)34-25-37-36-12-10-15-38-44(36)33(27-55-38)26-43(37)60(5)28-34)50(69)58-41(24-32-17-19-35(20-18-32)62(71)72)51(70)61-23-11-16-42(61)49(68)54-22-9-7-14-40(57-31(4)64)48(67)53-21-8-6-13-39(46(52)65)56-30(3)63/h10,12,15,17-20,25,27,29,34,39-43,45,55H,6-9,11,13-14,16,21-24,26,28H2,1-5H3,(H2,52,65)(H,53,67)(H,54,68)(H,56,63)(H,57,64)(H,58,69)(H,59,66)/t34-,39+,40-,41+,42+,43-,45+/m1/s1. The molecule has 21 nitrogen and oxygen atoms in total. The number of amides is 8. The molecule has 21 heteroatoms. The number of nitro groups is 1. The fourth-order valence-electron chi connectivity index (χ4n) is 10.0. The van der Waals surface area contributed by atoms with E-state index in [0.717, 1.165) is 28.5 Å². The van der Waals surface area contributed by atoms with E-state index in [1.54, 1.807) is 13.8 Å². The Balaban J connectivity index is 1.06. The van der Waals surface area contributed by atoms with Crippen LogP contribution in [0.1, 0.15) is 95.8 Å². The van der Waals surface area contributed by atoms with Gasteiger partial charge in [0.25, 0.3) is 5.69 Å². The minimum atomic E-state index is -1.19. The minimum Gasteiger partial charge on any atom is -0.368 e. The summed E-state index contributed by atoms with van der Waals surface area (Å²) in [4.78, 5) is 123. The number of non-ortho nitro benzene ring substituents is 1. The maximum atomic E-state index is 14.6. The molecule has 0 radical (unpaired) electrons. The van der Waals surface area contributed by atoms with Gasteiger partial charge in [-0.3, -0.25) is 53.4 Å². The number of likely N-dealkylation sites (tertiary alicyclic amines) is 1. The van der Waals surface area contributed by atoms with Crippen LogP contribution < -0.4 is 37.6 Å². The van der Waals surface area contributed by atoms with Gasteiger partial charge in [0.15, 0.2) is 0 Å². The molecule has 0 unspecified atom stereocenters.